The van der Waals surface area contributed by atoms with Crippen LogP contribution in [0.3, 0.4) is 0 Å². The molecule has 142 valence electrons. The summed E-state index contributed by atoms with van der Waals surface area (Å²) in [6.07, 6.45) is 2.25. The van der Waals surface area contributed by atoms with Crippen molar-refractivity contribution >= 4 is 17.8 Å². The number of rotatable bonds is 4. The number of likely N-dealkylation sites (N-methyl/N-ethyl adjacent to an activating group) is 1. The number of hydrogen-bond acceptors (Lipinski definition) is 4. The van der Waals surface area contributed by atoms with E-state index in [4.69, 9.17) is 0 Å². The Balaban J connectivity index is 1.81. The Hall–Kier alpha value is -1.83. The normalized spacial score (nSPS) is 20.6. The summed E-state index contributed by atoms with van der Waals surface area (Å²) in [4.78, 5) is 36.5. The first-order valence-electron chi connectivity index (χ1n) is 9.12. The van der Waals surface area contributed by atoms with Crippen LogP contribution in [-0.4, -0.2) is 110 Å². The second kappa shape index (κ2) is 9.03. The molecule has 0 bridgehead atoms. The van der Waals surface area contributed by atoms with E-state index in [9.17, 15) is 9.59 Å². The summed E-state index contributed by atoms with van der Waals surface area (Å²) in [5, 5.41) is 3.12. The smallest absolute Gasteiger partial charge is 0.241 e. The number of piperazine rings is 1. The van der Waals surface area contributed by atoms with Crippen molar-refractivity contribution in [2.45, 2.75) is 25.8 Å². The van der Waals surface area contributed by atoms with Crippen LogP contribution < -0.4 is 5.32 Å². The van der Waals surface area contributed by atoms with Gasteiger partial charge in [-0.15, -0.1) is 0 Å². The molecule has 0 aliphatic carbocycles. The molecule has 1 atom stereocenters. The predicted molar refractivity (Wildman–Crippen MR) is 98.5 cm³/mol. The summed E-state index contributed by atoms with van der Waals surface area (Å²) >= 11 is 0. The van der Waals surface area contributed by atoms with E-state index in [0.29, 0.717) is 0 Å². The lowest BCUT2D eigenvalue weighted by Gasteiger charge is -2.39. The highest BCUT2D eigenvalue weighted by atomic mass is 16.2. The SMILES string of the molecule is CN=C(NCC(=O)N(C)C)N1CCN(C(C)C(=O)N2CCCC2)CC1. The third-order valence-electron chi connectivity index (χ3n) is 5.04. The van der Waals surface area contributed by atoms with E-state index in [1.165, 1.54) is 0 Å². The molecule has 2 amide bonds. The Labute approximate surface area is 150 Å². The Bertz CT molecular complexity index is 493. The van der Waals surface area contributed by atoms with E-state index in [-0.39, 0.29) is 24.4 Å². The minimum atomic E-state index is -0.0643. The molecular weight excluding hydrogens is 320 g/mol. The van der Waals surface area contributed by atoms with Gasteiger partial charge in [0.2, 0.25) is 11.8 Å². The summed E-state index contributed by atoms with van der Waals surface area (Å²) in [7, 11) is 5.21. The molecule has 0 aromatic rings. The molecule has 2 rings (SSSR count). The van der Waals surface area contributed by atoms with E-state index >= 15 is 0 Å². The Morgan fingerprint density at radius 2 is 1.64 bits per heavy atom. The van der Waals surface area contributed by atoms with Crippen LogP contribution in [0.4, 0.5) is 0 Å². The lowest BCUT2D eigenvalue weighted by molar-refractivity contribution is -0.135. The van der Waals surface area contributed by atoms with Crippen molar-refractivity contribution < 1.29 is 9.59 Å². The summed E-state index contributed by atoms with van der Waals surface area (Å²) in [5.74, 6) is 1.02. The third kappa shape index (κ3) is 5.07. The molecule has 1 N–H and O–H groups in total. The molecule has 8 nitrogen and oxygen atoms in total. The third-order valence-corrected chi connectivity index (χ3v) is 5.04. The average Bonchev–Trinajstić information content (AvgIpc) is 3.15. The maximum absolute atomic E-state index is 12.5. The predicted octanol–water partition coefficient (Wildman–Crippen LogP) is -0.721. The van der Waals surface area contributed by atoms with Gasteiger partial charge in [0.25, 0.3) is 0 Å². The second-order valence-electron chi connectivity index (χ2n) is 6.92. The van der Waals surface area contributed by atoms with Crippen LogP contribution in [-0.2, 0) is 9.59 Å². The lowest BCUT2D eigenvalue weighted by Crippen LogP contribution is -2.57. The van der Waals surface area contributed by atoms with Crippen LogP contribution >= 0.6 is 0 Å². The maximum atomic E-state index is 12.5. The number of carbonyl (C=O) groups is 2. The fourth-order valence-corrected chi connectivity index (χ4v) is 3.32. The van der Waals surface area contributed by atoms with Crippen LogP contribution in [0.1, 0.15) is 19.8 Å². The van der Waals surface area contributed by atoms with Gasteiger partial charge in [-0.3, -0.25) is 19.5 Å². The lowest BCUT2D eigenvalue weighted by atomic mass is 10.2. The molecule has 0 spiro atoms. The van der Waals surface area contributed by atoms with Crippen molar-refractivity contribution in [3.63, 3.8) is 0 Å². The second-order valence-corrected chi connectivity index (χ2v) is 6.92. The van der Waals surface area contributed by atoms with Crippen molar-refractivity contribution in [3.8, 4) is 0 Å². The molecule has 2 fully saturated rings. The molecule has 2 heterocycles. The molecule has 0 radical (unpaired) electrons. The van der Waals surface area contributed by atoms with Crippen LogP contribution in [0.25, 0.3) is 0 Å². The Morgan fingerprint density at radius 3 is 2.16 bits per heavy atom. The standard InChI is InChI=1S/C17H32N6O2/c1-14(16(25)22-7-5-6-8-22)21-9-11-23(12-10-21)17(18-2)19-13-15(24)20(3)4/h14H,5-13H2,1-4H3,(H,18,19). The van der Waals surface area contributed by atoms with Crippen molar-refractivity contribution in [1.82, 2.24) is 24.9 Å². The zero-order valence-corrected chi connectivity index (χ0v) is 16.0. The van der Waals surface area contributed by atoms with Gasteiger partial charge in [-0.2, -0.15) is 0 Å². The molecule has 2 aliphatic heterocycles. The fourth-order valence-electron chi connectivity index (χ4n) is 3.32. The monoisotopic (exact) mass is 352 g/mol. The summed E-state index contributed by atoms with van der Waals surface area (Å²) in [6.45, 7) is 7.30. The molecule has 25 heavy (non-hydrogen) atoms. The number of amides is 2. The number of nitrogens with zero attached hydrogens (tertiary/aromatic N) is 5. The van der Waals surface area contributed by atoms with E-state index in [0.717, 1.165) is 58.1 Å². The minimum Gasteiger partial charge on any atom is -0.347 e. The summed E-state index contributed by atoms with van der Waals surface area (Å²) < 4.78 is 0. The van der Waals surface area contributed by atoms with Gasteiger partial charge in [0.15, 0.2) is 5.96 Å². The van der Waals surface area contributed by atoms with Gasteiger partial charge in [0.1, 0.15) is 0 Å². The van der Waals surface area contributed by atoms with E-state index in [2.05, 4.69) is 20.1 Å². The highest BCUT2D eigenvalue weighted by Gasteiger charge is 2.30. The highest BCUT2D eigenvalue weighted by molar-refractivity contribution is 5.86. The Morgan fingerprint density at radius 1 is 1.04 bits per heavy atom. The number of hydrogen-bond donors (Lipinski definition) is 1. The number of likely N-dealkylation sites (tertiary alicyclic amines) is 1. The molecule has 2 saturated heterocycles. The largest absolute Gasteiger partial charge is 0.347 e. The van der Waals surface area contributed by atoms with Crippen molar-refractivity contribution in [3.05, 3.63) is 0 Å². The van der Waals surface area contributed by atoms with Gasteiger partial charge in [-0.05, 0) is 19.8 Å². The zero-order valence-electron chi connectivity index (χ0n) is 16.0. The first kappa shape index (κ1) is 19.5. The molecule has 0 saturated carbocycles. The van der Waals surface area contributed by atoms with Gasteiger partial charge < -0.3 is 20.0 Å². The van der Waals surface area contributed by atoms with Gasteiger partial charge >= 0.3 is 0 Å². The molecule has 2 aliphatic rings. The van der Waals surface area contributed by atoms with Crippen LogP contribution in [0.15, 0.2) is 4.99 Å². The number of carbonyl (C=O) groups excluding carboxylic acids is 2. The highest BCUT2D eigenvalue weighted by Crippen LogP contribution is 2.14. The number of aliphatic imine (C=N–C) groups is 1. The topological polar surface area (TPSA) is 71.5 Å². The zero-order chi connectivity index (χ0) is 18.4. The number of nitrogens with one attached hydrogen (secondary N) is 1. The first-order valence-corrected chi connectivity index (χ1v) is 9.12. The molecule has 1 unspecified atom stereocenters. The molecule has 0 aromatic heterocycles. The quantitative estimate of drug-likeness (QED) is 0.534. The van der Waals surface area contributed by atoms with Crippen LogP contribution in [0.5, 0.6) is 0 Å². The molecule has 0 aromatic carbocycles. The van der Waals surface area contributed by atoms with Crippen molar-refractivity contribution in [2.75, 3.05) is 67.0 Å². The fraction of sp³-hybridized carbons (Fsp3) is 0.824. The number of guanidine groups is 1. The average molecular weight is 352 g/mol. The van der Waals surface area contributed by atoms with E-state index in [1.807, 2.05) is 11.8 Å². The van der Waals surface area contributed by atoms with Gasteiger partial charge in [0, 0.05) is 60.4 Å². The van der Waals surface area contributed by atoms with Gasteiger partial charge in [-0.25, -0.2) is 0 Å². The van der Waals surface area contributed by atoms with E-state index in [1.54, 1.807) is 26.0 Å². The van der Waals surface area contributed by atoms with Crippen LogP contribution in [0.2, 0.25) is 0 Å². The van der Waals surface area contributed by atoms with Crippen molar-refractivity contribution in [2.24, 2.45) is 4.99 Å². The first-order chi connectivity index (χ1) is 11.9. The van der Waals surface area contributed by atoms with Crippen molar-refractivity contribution in [1.29, 1.82) is 0 Å². The Kier molecular flexibility index (Phi) is 7.04. The van der Waals surface area contributed by atoms with E-state index < -0.39 is 0 Å². The minimum absolute atomic E-state index is 0.0182. The summed E-state index contributed by atoms with van der Waals surface area (Å²) in [6, 6.07) is -0.0643. The molecule has 8 heteroatoms. The van der Waals surface area contributed by atoms with Crippen LogP contribution in [0, 0.1) is 0 Å². The molecular formula is C17H32N6O2. The van der Waals surface area contributed by atoms with Gasteiger partial charge in [-0.1, -0.05) is 0 Å². The maximum Gasteiger partial charge on any atom is 0.241 e. The van der Waals surface area contributed by atoms with Gasteiger partial charge in [0.05, 0.1) is 12.6 Å². The summed E-state index contributed by atoms with van der Waals surface area (Å²) in [5.41, 5.74) is 0.